The lowest BCUT2D eigenvalue weighted by atomic mass is 9.51. The van der Waals surface area contributed by atoms with Crippen molar-refractivity contribution in [2.24, 2.45) is 5.41 Å². The Kier molecular flexibility index (Phi) is 3.82. The van der Waals surface area contributed by atoms with E-state index < -0.39 is 0 Å². The number of hydrogen-bond donors (Lipinski definition) is 1. The second-order valence-corrected chi connectivity index (χ2v) is 8.60. The first-order valence-electron chi connectivity index (χ1n) is 9.59. The molecule has 0 atom stereocenters. The zero-order valence-corrected chi connectivity index (χ0v) is 16.3. The molecule has 0 saturated heterocycles. The predicted octanol–water partition coefficient (Wildman–Crippen LogP) is 4.87. The zero-order chi connectivity index (χ0) is 19.5. The van der Waals surface area contributed by atoms with Crippen LogP contribution in [-0.2, 0) is 0 Å². The van der Waals surface area contributed by atoms with Crippen molar-refractivity contribution in [1.82, 2.24) is 15.0 Å². The molecule has 3 heterocycles. The molecule has 0 aromatic carbocycles. The van der Waals surface area contributed by atoms with Crippen molar-refractivity contribution in [3.63, 3.8) is 0 Å². The first-order chi connectivity index (χ1) is 13.5. The van der Waals surface area contributed by atoms with E-state index in [0.29, 0.717) is 33.0 Å². The molecule has 0 aliphatic heterocycles. The summed E-state index contributed by atoms with van der Waals surface area (Å²) in [6, 6.07) is 7.08. The second-order valence-electron chi connectivity index (χ2n) is 8.19. The Morgan fingerprint density at radius 1 is 1.32 bits per heavy atom. The molecule has 0 amide bonds. The third-order valence-electron chi connectivity index (χ3n) is 6.49. The number of aromatic nitrogens is 3. The van der Waals surface area contributed by atoms with E-state index in [9.17, 15) is 10.1 Å². The van der Waals surface area contributed by atoms with Gasteiger partial charge in [0.15, 0.2) is 11.1 Å². The summed E-state index contributed by atoms with van der Waals surface area (Å²) in [6.07, 6.45) is 7.94. The maximum atomic E-state index is 12.6. The Morgan fingerprint density at radius 2 is 2.11 bits per heavy atom. The normalized spacial score (nSPS) is 17.9. The molecule has 2 fully saturated rings. The highest BCUT2D eigenvalue weighted by atomic mass is 35.5. The van der Waals surface area contributed by atoms with Gasteiger partial charge in [-0.3, -0.25) is 9.78 Å². The highest BCUT2D eigenvalue weighted by Crippen LogP contribution is 2.62. The van der Waals surface area contributed by atoms with Gasteiger partial charge in [0.2, 0.25) is 0 Å². The van der Waals surface area contributed by atoms with Gasteiger partial charge in [0, 0.05) is 29.4 Å². The number of aryl methyl sites for hydroxylation is 1. The summed E-state index contributed by atoms with van der Waals surface area (Å²) in [6.45, 7) is 1.95. The Balaban J connectivity index is 1.56. The topological polar surface area (TPSA) is 82.4 Å². The van der Waals surface area contributed by atoms with Crippen LogP contribution in [0.15, 0.2) is 29.2 Å². The van der Waals surface area contributed by atoms with Gasteiger partial charge in [-0.15, -0.1) is 0 Å². The average Bonchev–Trinajstić information content (AvgIpc) is 2.61. The highest BCUT2D eigenvalue weighted by molar-refractivity contribution is 6.31. The summed E-state index contributed by atoms with van der Waals surface area (Å²) in [5.74, 6) is 0.445. The smallest absolute Gasteiger partial charge is 0.192 e. The highest BCUT2D eigenvalue weighted by Gasteiger charge is 2.49. The number of rotatable bonds is 2. The van der Waals surface area contributed by atoms with E-state index in [1.165, 1.54) is 44.4 Å². The van der Waals surface area contributed by atoms with E-state index in [1.807, 2.05) is 19.1 Å². The molecule has 0 radical (unpaired) electrons. The molecular weight excluding hydrogens is 372 g/mol. The molecule has 2 saturated carbocycles. The SMILES string of the molecule is Cc1nc(C2CC3(CCC3)C2)c(Cl)cc1-c1cc(=O)c2c(C#N)nccc2[nH]1. The van der Waals surface area contributed by atoms with E-state index >= 15 is 0 Å². The molecule has 140 valence electrons. The van der Waals surface area contributed by atoms with Crippen molar-refractivity contribution >= 4 is 22.5 Å². The number of nitrogens with zero attached hydrogens (tertiary/aromatic N) is 3. The molecule has 1 spiro atoms. The number of pyridine rings is 3. The molecule has 5 rings (SSSR count). The lowest BCUT2D eigenvalue weighted by Crippen LogP contribution is -2.41. The summed E-state index contributed by atoms with van der Waals surface area (Å²) < 4.78 is 0. The zero-order valence-electron chi connectivity index (χ0n) is 15.6. The number of H-pyrrole nitrogens is 1. The second kappa shape index (κ2) is 6.15. The van der Waals surface area contributed by atoms with Gasteiger partial charge < -0.3 is 4.98 Å². The van der Waals surface area contributed by atoms with E-state index in [0.717, 1.165) is 17.0 Å². The van der Waals surface area contributed by atoms with Crippen LogP contribution < -0.4 is 5.43 Å². The van der Waals surface area contributed by atoms with Crippen LogP contribution in [-0.4, -0.2) is 15.0 Å². The first kappa shape index (κ1) is 17.4. The van der Waals surface area contributed by atoms with E-state index in [1.54, 1.807) is 6.07 Å². The van der Waals surface area contributed by atoms with E-state index in [4.69, 9.17) is 16.6 Å². The fourth-order valence-electron chi connectivity index (χ4n) is 4.85. The van der Waals surface area contributed by atoms with Crippen molar-refractivity contribution in [2.75, 3.05) is 0 Å². The lowest BCUT2D eigenvalue weighted by molar-refractivity contribution is 0.00761. The molecule has 0 unspecified atom stereocenters. The summed E-state index contributed by atoms with van der Waals surface area (Å²) in [5.41, 5.74) is 4.33. The predicted molar refractivity (Wildman–Crippen MR) is 108 cm³/mol. The quantitative estimate of drug-likeness (QED) is 0.676. The van der Waals surface area contributed by atoms with Crippen LogP contribution in [0, 0.1) is 23.7 Å². The van der Waals surface area contributed by atoms with Crippen molar-refractivity contribution in [1.29, 1.82) is 5.26 Å². The van der Waals surface area contributed by atoms with Crippen LogP contribution in [0.25, 0.3) is 22.2 Å². The van der Waals surface area contributed by atoms with Crippen LogP contribution in [0.2, 0.25) is 5.02 Å². The van der Waals surface area contributed by atoms with Crippen molar-refractivity contribution in [2.45, 2.75) is 44.9 Å². The molecule has 6 heteroatoms. The van der Waals surface area contributed by atoms with Gasteiger partial charge in [-0.2, -0.15) is 5.26 Å². The third kappa shape index (κ3) is 2.56. The Labute approximate surface area is 167 Å². The van der Waals surface area contributed by atoms with Crippen LogP contribution in [0.3, 0.4) is 0 Å². The molecule has 2 aliphatic rings. The minimum Gasteiger partial charge on any atom is -0.354 e. The number of nitrogens with one attached hydrogen (secondary N) is 1. The van der Waals surface area contributed by atoms with Gasteiger partial charge >= 0.3 is 0 Å². The molecule has 1 N–H and O–H groups in total. The maximum absolute atomic E-state index is 12.6. The van der Waals surface area contributed by atoms with Crippen LogP contribution in [0.1, 0.15) is 55.1 Å². The summed E-state index contributed by atoms with van der Waals surface area (Å²) >= 11 is 6.61. The summed E-state index contributed by atoms with van der Waals surface area (Å²) in [5, 5.41) is 10.2. The summed E-state index contributed by atoms with van der Waals surface area (Å²) in [4.78, 5) is 24.7. The largest absolute Gasteiger partial charge is 0.354 e. The minimum absolute atomic E-state index is 0.128. The number of aromatic amines is 1. The van der Waals surface area contributed by atoms with Gasteiger partial charge in [-0.25, -0.2) is 4.98 Å². The number of hydrogen-bond acceptors (Lipinski definition) is 4. The van der Waals surface area contributed by atoms with E-state index in [-0.39, 0.29) is 11.1 Å². The lowest BCUT2D eigenvalue weighted by Gasteiger charge is -2.54. The number of fused-ring (bicyclic) bond motifs is 1. The van der Waals surface area contributed by atoms with Crippen molar-refractivity contribution in [3.8, 4) is 17.3 Å². The van der Waals surface area contributed by atoms with Crippen LogP contribution >= 0.6 is 11.6 Å². The summed E-state index contributed by atoms with van der Waals surface area (Å²) in [7, 11) is 0. The fraction of sp³-hybridized carbons (Fsp3) is 0.364. The van der Waals surface area contributed by atoms with Gasteiger partial charge in [0.05, 0.1) is 27.3 Å². The maximum Gasteiger partial charge on any atom is 0.192 e. The fourth-order valence-corrected chi connectivity index (χ4v) is 5.16. The molecule has 0 bridgehead atoms. The molecule has 3 aromatic rings. The van der Waals surface area contributed by atoms with Gasteiger partial charge in [0.1, 0.15) is 6.07 Å². The van der Waals surface area contributed by atoms with E-state index in [2.05, 4.69) is 9.97 Å². The standard InChI is InChI=1S/C22H19ClN4O/c1-12-14(7-15(23)21(26-12)13-9-22(10-13)4-2-5-22)17-8-19(28)20-16(27-17)3-6-25-18(20)11-24/h3,6-8,13H,2,4-5,9-10H2,1H3,(H,27,28). The van der Waals surface area contributed by atoms with Crippen LogP contribution in [0.4, 0.5) is 0 Å². The van der Waals surface area contributed by atoms with Crippen molar-refractivity contribution in [3.05, 3.63) is 56.7 Å². The van der Waals surface area contributed by atoms with Crippen LogP contribution in [0.5, 0.6) is 0 Å². The molecular formula is C22H19ClN4O. The van der Waals surface area contributed by atoms with Gasteiger partial charge in [-0.1, -0.05) is 18.0 Å². The molecule has 2 aliphatic carbocycles. The molecule has 28 heavy (non-hydrogen) atoms. The number of halogens is 1. The average molecular weight is 391 g/mol. The van der Waals surface area contributed by atoms with Gasteiger partial charge in [-0.05, 0) is 50.2 Å². The Hall–Kier alpha value is -2.71. The molecule has 5 nitrogen and oxygen atoms in total. The number of nitriles is 1. The Morgan fingerprint density at radius 3 is 2.79 bits per heavy atom. The monoisotopic (exact) mass is 390 g/mol. The van der Waals surface area contributed by atoms with Crippen molar-refractivity contribution < 1.29 is 0 Å². The third-order valence-corrected chi connectivity index (χ3v) is 6.79. The molecule has 3 aromatic heterocycles. The first-order valence-corrected chi connectivity index (χ1v) is 9.97. The Bertz CT molecular complexity index is 1210. The van der Waals surface area contributed by atoms with Gasteiger partial charge in [0.25, 0.3) is 0 Å². The minimum atomic E-state index is -0.237.